The lowest BCUT2D eigenvalue weighted by atomic mass is 9.94. The van der Waals surface area contributed by atoms with Crippen LogP contribution in [0.2, 0.25) is 0 Å². The maximum Gasteiger partial charge on any atom is 0.255 e. The Hall–Kier alpha value is -2.34. The number of nitrogens with zero attached hydrogens (tertiary/aromatic N) is 3. The van der Waals surface area contributed by atoms with Crippen LogP contribution in [0.25, 0.3) is 0 Å². The van der Waals surface area contributed by atoms with E-state index in [-0.39, 0.29) is 17.8 Å². The normalized spacial score (nSPS) is 23.1. The maximum absolute atomic E-state index is 14.0. The Labute approximate surface area is 151 Å². The first kappa shape index (κ1) is 17.1. The number of aromatic nitrogens is 1. The van der Waals surface area contributed by atoms with E-state index in [1.807, 2.05) is 4.90 Å². The lowest BCUT2D eigenvalue weighted by Gasteiger charge is -2.36. The van der Waals surface area contributed by atoms with Crippen molar-refractivity contribution in [3.8, 4) is 0 Å². The zero-order valence-electron chi connectivity index (χ0n) is 14.4. The number of fused-ring (bicyclic) bond motifs is 4. The first-order valence-electron chi connectivity index (χ1n) is 8.97. The largest absolute Gasteiger partial charge is 0.337 e. The van der Waals surface area contributed by atoms with Crippen molar-refractivity contribution in [2.45, 2.75) is 25.4 Å². The van der Waals surface area contributed by atoms with Crippen LogP contribution in [0.5, 0.6) is 0 Å². The van der Waals surface area contributed by atoms with Gasteiger partial charge in [0, 0.05) is 50.2 Å². The minimum absolute atomic E-state index is 0.00575. The molecule has 4 heterocycles. The minimum atomic E-state index is -0.422. The standard InChI is InChI=1S/C20H21F2N3O/c21-17-4-6-19(22)16(8-17)12-24-10-14-3-5-18(24)13-25(11-14)20(26)15-2-1-7-23-9-15/h1-2,4,6-9,14,18H,3,5,10-13H2/t14-,18-/m1/s1. The average Bonchev–Trinajstić information content (AvgIpc) is 2.97. The molecule has 2 atom stereocenters. The van der Waals surface area contributed by atoms with Crippen LogP contribution < -0.4 is 0 Å². The summed E-state index contributed by atoms with van der Waals surface area (Å²) in [6, 6.07) is 7.30. The van der Waals surface area contributed by atoms with Crippen LogP contribution >= 0.6 is 0 Å². The van der Waals surface area contributed by atoms with E-state index in [0.29, 0.717) is 36.7 Å². The van der Waals surface area contributed by atoms with Crippen LogP contribution in [0.1, 0.15) is 28.8 Å². The first-order valence-corrected chi connectivity index (χ1v) is 8.97. The van der Waals surface area contributed by atoms with Gasteiger partial charge in [-0.15, -0.1) is 0 Å². The van der Waals surface area contributed by atoms with Crippen LogP contribution in [0.4, 0.5) is 8.78 Å². The maximum atomic E-state index is 14.0. The highest BCUT2D eigenvalue weighted by Gasteiger charge is 2.36. The fourth-order valence-corrected chi connectivity index (χ4v) is 4.09. The summed E-state index contributed by atoms with van der Waals surface area (Å²) < 4.78 is 27.5. The zero-order valence-corrected chi connectivity index (χ0v) is 14.4. The number of hydrogen-bond donors (Lipinski definition) is 0. The Morgan fingerprint density at radius 2 is 2.04 bits per heavy atom. The molecule has 136 valence electrons. The van der Waals surface area contributed by atoms with Crippen LogP contribution in [0, 0.1) is 17.6 Å². The Balaban J connectivity index is 1.51. The van der Waals surface area contributed by atoms with Crippen molar-refractivity contribution in [1.82, 2.24) is 14.8 Å². The number of carbonyl (C=O) groups is 1. The van der Waals surface area contributed by atoms with Crippen molar-refractivity contribution in [1.29, 1.82) is 0 Å². The fourth-order valence-electron chi connectivity index (χ4n) is 4.09. The van der Waals surface area contributed by atoms with Gasteiger partial charge in [-0.3, -0.25) is 14.7 Å². The molecule has 0 saturated carbocycles. The SMILES string of the molecule is O=C(c1cccnc1)N1C[C@@H]2CC[C@H](C1)N(Cc1cc(F)ccc1F)C2. The fraction of sp³-hybridized carbons (Fsp3) is 0.400. The number of carbonyl (C=O) groups excluding carboxylic acids is 1. The molecule has 1 aromatic carbocycles. The Bertz CT molecular complexity index is 799. The molecule has 2 bridgehead atoms. The van der Waals surface area contributed by atoms with E-state index in [0.717, 1.165) is 25.5 Å². The number of pyridine rings is 1. The van der Waals surface area contributed by atoms with E-state index in [2.05, 4.69) is 9.88 Å². The van der Waals surface area contributed by atoms with E-state index in [9.17, 15) is 13.6 Å². The predicted molar refractivity (Wildman–Crippen MR) is 93.4 cm³/mol. The van der Waals surface area contributed by atoms with Gasteiger partial charge in [0.25, 0.3) is 5.91 Å². The lowest BCUT2D eigenvalue weighted by Crippen LogP contribution is -2.44. The molecule has 3 aliphatic rings. The summed E-state index contributed by atoms with van der Waals surface area (Å²) in [7, 11) is 0. The molecule has 1 aromatic heterocycles. The third-order valence-electron chi connectivity index (χ3n) is 5.40. The van der Waals surface area contributed by atoms with Gasteiger partial charge in [-0.25, -0.2) is 8.78 Å². The van der Waals surface area contributed by atoms with Crippen LogP contribution in [-0.4, -0.2) is 46.4 Å². The molecule has 0 aliphatic carbocycles. The molecule has 0 N–H and O–H groups in total. The molecular formula is C20H21F2N3O. The molecule has 4 nitrogen and oxygen atoms in total. The number of halogens is 2. The summed E-state index contributed by atoms with van der Waals surface area (Å²) in [6.45, 7) is 2.49. The Morgan fingerprint density at radius 1 is 1.15 bits per heavy atom. The second-order valence-electron chi connectivity index (χ2n) is 7.21. The molecule has 6 heteroatoms. The van der Waals surface area contributed by atoms with E-state index in [1.54, 1.807) is 24.5 Å². The highest BCUT2D eigenvalue weighted by molar-refractivity contribution is 5.94. The van der Waals surface area contributed by atoms with Gasteiger partial charge in [-0.05, 0) is 49.1 Å². The highest BCUT2D eigenvalue weighted by Crippen LogP contribution is 2.30. The molecule has 2 aromatic rings. The summed E-state index contributed by atoms with van der Waals surface area (Å²) in [5.41, 5.74) is 0.971. The summed E-state index contributed by atoms with van der Waals surface area (Å²) in [4.78, 5) is 20.9. The molecular weight excluding hydrogens is 336 g/mol. The van der Waals surface area contributed by atoms with Crippen molar-refractivity contribution in [3.05, 3.63) is 65.5 Å². The summed E-state index contributed by atoms with van der Waals surface area (Å²) in [6.07, 6.45) is 5.27. The van der Waals surface area contributed by atoms with Gasteiger partial charge in [0.05, 0.1) is 5.56 Å². The molecule has 0 unspecified atom stereocenters. The average molecular weight is 357 g/mol. The third-order valence-corrected chi connectivity index (χ3v) is 5.40. The van der Waals surface area contributed by atoms with Crippen LogP contribution in [-0.2, 0) is 6.54 Å². The molecule has 5 rings (SSSR count). The van der Waals surface area contributed by atoms with Crippen molar-refractivity contribution in [2.24, 2.45) is 5.92 Å². The summed E-state index contributed by atoms with van der Waals surface area (Å²) in [5.74, 6) is -0.454. The van der Waals surface area contributed by atoms with Gasteiger partial charge in [0.15, 0.2) is 0 Å². The van der Waals surface area contributed by atoms with Gasteiger partial charge >= 0.3 is 0 Å². The second kappa shape index (κ2) is 7.11. The van der Waals surface area contributed by atoms with Crippen LogP contribution in [0.3, 0.4) is 0 Å². The molecule has 3 saturated heterocycles. The molecule has 26 heavy (non-hydrogen) atoms. The first-order chi connectivity index (χ1) is 12.6. The van der Waals surface area contributed by atoms with Crippen molar-refractivity contribution in [2.75, 3.05) is 19.6 Å². The summed E-state index contributed by atoms with van der Waals surface area (Å²) >= 11 is 0. The number of hydrogen-bond acceptors (Lipinski definition) is 3. The molecule has 3 fully saturated rings. The van der Waals surface area contributed by atoms with Crippen LogP contribution in [0.15, 0.2) is 42.7 Å². The van der Waals surface area contributed by atoms with Crippen molar-refractivity contribution in [3.63, 3.8) is 0 Å². The monoisotopic (exact) mass is 357 g/mol. The molecule has 1 amide bonds. The molecule has 0 spiro atoms. The quantitative estimate of drug-likeness (QED) is 0.847. The van der Waals surface area contributed by atoms with Gasteiger partial charge < -0.3 is 4.90 Å². The van der Waals surface area contributed by atoms with Gasteiger partial charge in [-0.1, -0.05) is 0 Å². The number of amides is 1. The van der Waals surface area contributed by atoms with Gasteiger partial charge in [-0.2, -0.15) is 0 Å². The molecule has 0 radical (unpaired) electrons. The van der Waals surface area contributed by atoms with Crippen molar-refractivity contribution < 1.29 is 13.6 Å². The predicted octanol–water partition coefficient (Wildman–Crippen LogP) is 3.10. The Kier molecular flexibility index (Phi) is 4.68. The second-order valence-corrected chi connectivity index (χ2v) is 7.21. The lowest BCUT2D eigenvalue weighted by molar-refractivity contribution is 0.0735. The smallest absolute Gasteiger partial charge is 0.255 e. The Morgan fingerprint density at radius 3 is 2.85 bits per heavy atom. The zero-order chi connectivity index (χ0) is 18.1. The number of rotatable bonds is 3. The van der Waals surface area contributed by atoms with Gasteiger partial charge in [0.1, 0.15) is 11.6 Å². The van der Waals surface area contributed by atoms with E-state index >= 15 is 0 Å². The third kappa shape index (κ3) is 3.46. The topological polar surface area (TPSA) is 36.4 Å². The minimum Gasteiger partial charge on any atom is -0.337 e. The van der Waals surface area contributed by atoms with Crippen molar-refractivity contribution >= 4 is 5.91 Å². The number of benzene rings is 1. The van der Waals surface area contributed by atoms with Gasteiger partial charge in [0.2, 0.25) is 0 Å². The van der Waals surface area contributed by atoms with E-state index < -0.39 is 5.82 Å². The summed E-state index contributed by atoms with van der Waals surface area (Å²) in [5, 5.41) is 0. The van der Waals surface area contributed by atoms with E-state index in [1.165, 1.54) is 12.1 Å². The molecule has 3 aliphatic heterocycles. The highest BCUT2D eigenvalue weighted by atomic mass is 19.1. The van der Waals surface area contributed by atoms with E-state index in [4.69, 9.17) is 0 Å². The number of piperidine rings is 1.